The van der Waals surface area contributed by atoms with Gasteiger partial charge in [-0.1, -0.05) is 42.5 Å². The van der Waals surface area contributed by atoms with Crippen molar-refractivity contribution in [3.63, 3.8) is 0 Å². The van der Waals surface area contributed by atoms with E-state index in [2.05, 4.69) is 111 Å². The largest absolute Gasteiger partial charge is 0.485 e. The van der Waals surface area contributed by atoms with Gasteiger partial charge < -0.3 is 9.64 Å². The summed E-state index contributed by atoms with van der Waals surface area (Å²) in [6.45, 7) is 0. The SMILES string of the molecule is CN(C)c1ccc2c(c1)OC1C=CC(=[N+](C)C)C=CC1C2c1ccccc1. The van der Waals surface area contributed by atoms with Crippen LogP contribution in [0.1, 0.15) is 17.0 Å². The standard InChI is InChI=1S/C24H27N2O/c1-25(2)18-10-13-20-22(15-12-18)27-23-16-19(26(3)4)11-14-21(23)24(20)17-8-6-5-7-9-17/h5-16,20,22,24H,1-4H3/q+1. The number of allylic oxidation sites excluding steroid dienone is 2. The van der Waals surface area contributed by atoms with Crippen LogP contribution >= 0.6 is 0 Å². The molecule has 0 radical (unpaired) electrons. The van der Waals surface area contributed by atoms with Gasteiger partial charge in [0.05, 0.1) is 0 Å². The number of hydrogen-bond donors (Lipinski definition) is 0. The zero-order valence-corrected chi connectivity index (χ0v) is 16.5. The third kappa shape index (κ3) is 3.30. The Bertz CT molecular complexity index is 921. The molecule has 0 amide bonds. The summed E-state index contributed by atoms with van der Waals surface area (Å²) in [5, 5.41) is 0. The number of anilines is 1. The number of benzene rings is 2. The lowest BCUT2D eigenvalue weighted by molar-refractivity contribution is -0.462. The zero-order chi connectivity index (χ0) is 19.0. The van der Waals surface area contributed by atoms with Crippen LogP contribution in [0.15, 0.2) is 72.8 Å². The smallest absolute Gasteiger partial charge is 0.198 e. The second kappa shape index (κ2) is 7.07. The summed E-state index contributed by atoms with van der Waals surface area (Å²) < 4.78 is 8.63. The highest BCUT2D eigenvalue weighted by Gasteiger charge is 2.37. The lowest BCUT2D eigenvalue weighted by Crippen LogP contribution is -2.34. The van der Waals surface area contributed by atoms with Crippen molar-refractivity contribution in [3.8, 4) is 5.75 Å². The monoisotopic (exact) mass is 359 g/mol. The molecular weight excluding hydrogens is 332 g/mol. The molecule has 0 aromatic heterocycles. The van der Waals surface area contributed by atoms with E-state index in [4.69, 9.17) is 4.74 Å². The van der Waals surface area contributed by atoms with E-state index in [1.54, 1.807) is 0 Å². The normalized spacial score (nSPS) is 23.1. The first-order valence-corrected chi connectivity index (χ1v) is 9.48. The molecule has 1 aliphatic carbocycles. The van der Waals surface area contributed by atoms with Crippen molar-refractivity contribution in [1.82, 2.24) is 0 Å². The molecule has 0 saturated carbocycles. The average Bonchev–Trinajstić information content (AvgIpc) is 2.88. The van der Waals surface area contributed by atoms with Gasteiger partial charge in [-0.25, -0.2) is 4.58 Å². The van der Waals surface area contributed by atoms with E-state index in [0.29, 0.717) is 0 Å². The van der Waals surface area contributed by atoms with E-state index in [-0.39, 0.29) is 17.9 Å². The molecular formula is C24H27N2O+. The molecule has 0 N–H and O–H groups in total. The molecule has 0 saturated heterocycles. The van der Waals surface area contributed by atoms with Crippen molar-refractivity contribution in [3.05, 3.63) is 84.0 Å². The van der Waals surface area contributed by atoms with E-state index in [1.807, 2.05) is 0 Å². The van der Waals surface area contributed by atoms with Crippen LogP contribution in [-0.2, 0) is 0 Å². The molecule has 138 valence electrons. The number of rotatable bonds is 2. The summed E-state index contributed by atoms with van der Waals surface area (Å²) in [7, 11) is 8.28. The highest BCUT2D eigenvalue weighted by molar-refractivity contribution is 6.00. The first kappa shape index (κ1) is 17.6. The van der Waals surface area contributed by atoms with Crippen LogP contribution in [0.5, 0.6) is 5.75 Å². The highest BCUT2D eigenvalue weighted by Crippen LogP contribution is 2.46. The molecule has 2 aromatic carbocycles. The van der Waals surface area contributed by atoms with Gasteiger partial charge in [0.2, 0.25) is 0 Å². The van der Waals surface area contributed by atoms with Gasteiger partial charge in [0.15, 0.2) is 5.71 Å². The Labute approximate surface area is 161 Å². The fourth-order valence-corrected chi connectivity index (χ4v) is 3.99. The van der Waals surface area contributed by atoms with Crippen molar-refractivity contribution in [2.75, 3.05) is 33.1 Å². The van der Waals surface area contributed by atoms with E-state index >= 15 is 0 Å². The Kier molecular flexibility index (Phi) is 4.61. The van der Waals surface area contributed by atoms with Crippen LogP contribution in [0, 0.1) is 5.92 Å². The van der Waals surface area contributed by atoms with Crippen LogP contribution in [0.25, 0.3) is 0 Å². The van der Waals surface area contributed by atoms with Crippen LogP contribution < -0.4 is 9.64 Å². The Morgan fingerprint density at radius 2 is 1.67 bits per heavy atom. The van der Waals surface area contributed by atoms with Gasteiger partial charge in [0.25, 0.3) is 0 Å². The molecule has 2 aromatic rings. The number of hydrogen-bond acceptors (Lipinski definition) is 2. The average molecular weight is 359 g/mol. The Morgan fingerprint density at radius 1 is 0.926 bits per heavy atom. The molecule has 1 heterocycles. The zero-order valence-electron chi connectivity index (χ0n) is 16.5. The van der Waals surface area contributed by atoms with Gasteiger partial charge in [-0.3, -0.25) is 0 Å². The molecule has 3 atom stereocenters. The fraction of sp³-hybridized carbons (Fsp3) is 0.292. The molecule has 3 nitrogen and oxygen atoms in total. The summed E-state index contributed by atoms with van der Waals surface area (Å²) in [6.07, 6.45) is 8.94. The predicted molar refractivity (Wildman–Crippen MR) is 112 cm³/mol. The third-order valence-corrected chi connectivity index (χ3v) is 5.50. The maximum atomic E-state index is 6.49. The molecule has 0 bridgehead atoms. The van der Waals surface area contributed by atoms with Gasteiger partial charge in [-0.05, 0) is 17.7 Å². The third-order valence-electron chi connectivity index (χ3n) is 5.50. The maximum Gasteiger partial charge on any atom is 0.198 e. The van der Waals surface area contributed by atoms with Crippen LogP contribution in [-0.4, -0.2) is 44.6 Å². The molecule has 3 unspecified atom stereocenters. The minimum Gasteiger partial charge on any atom is -0.485 e. The summed E-state index contributed by atoms with van der Waals surface area (Å²) in [4.78, 5) is 2.12. The van der Waals surface area contributed by atoms with Crippen molar-refractivity contribution < 1.29 is 9.31 Å². The number of nitrogens with zero attached hydrogens (tertiary/aromatic N) is 2. The van der Waals surface area contributed by atoms with Crippen LogP contribution in [0.2, 0.25) is 0 Å². The fourth-order valence-electron chi connectivity index (χ4n) is 3.99. The van der Waals surface area contributed by atoms with Crippen LogP contribution in [0.3, 0.4) is 0 Å². The van der Waals surface area contributed by atoms with E-state index in [1.165, 1.54) is 16.8 Å². The first-order chi connectivity index (χ1) is 13.0. The molecule has 2 aliphatic rings. The van der Waals surface area contributed by atoms with Gasteiger partial charge in [0.1, 0.15) is 25.9 Å². The second-order valence-electron chi connectivity index (χ2n) is 7.70. The molecule has 0 fully saturated rings. The summed E-state index contributed by atoms with van der Waals surface area (Å²) >= 11 is 0. The van der Waals surface area contributed by atoms with Gasteiger partial charge in [-0.2, -0.15) is 0 Å². The minimum absolute atomic E-state index is 0.0221. The van der Waals surface area contributed by atoms with Crippen molar-refractivity contribution in [1.29, 1.82) is 0 Å². The van der Waals surface area contributed by atoms with Crippen molar-refractivity contribution in [2.24, 2.45) is 5.92 Å². The van der Waals surface area contributed by atoms with Crippen molar-refractivity contribution in [2.45, 2.75) is 12.0 Å². The Balaban J connectivity index is 1.87. The number of ether oxygens (including phenoxy) is 1. The molecule has 27 heavy (non-hydrogen) atoms. The highest BCUT2D eigenvalue weighted by atomic mass is 16.5. The summed E-state index contributed by atoms with van der Waals surface area (Å²) in [5.41, 5.74) is 4.95. The molecule has 0 spiro atoms. The van der Waals surface area contributed by atoms with Crippen molar-refractivity contribution >= 4 is 11.4 Å². The second-order valence-corrected chi connectivity index (χ2v) is 7.70. The summed E-state index contributed by atoms with van der Waals surface area (Å²) in [6, 6.07) is 17.4. The first-order valence-electron chi connectivity index (χ1n) is 9.48. The Morgan fingerprint density at radius 3 is 2.37 bits per heavy atom. The maximum absolute atomic E-state index is 6.49. The topological polar surface area (TPSA) is 15.5 Å². The van der Waals surface area contributed by atoms with Gasteiger partial charge in [0, 0.05) is 55.4 Å². The lowest BCUT2D eigenvalue weighted by Gasteiger charge is -2.37. The molecule has 4 rings (SSSR count). The van der Waals surface area contributed by atoms with E-state index in [0.717, 1.165) is 11.4 Å². The molecule has 3 heteroatoms. The van der Waals surface area contributed by atoms with E-state index in [9.17, 15) is 0 Å². The Hall–Kier alpha value is -2.81. The van der Waals surface area contributed by atoms with Crippen LogP contribution in [0.4, 0.5) is 5.69 Å². The lowest BCUT2D eigenvalue weighted by atomic mass is 9.75. The van der Waals surface area contributed by atoms with E-state index < -0.39 is 0 Å². The predicted octanol–water partition coefficient (Wildman–Crippen LogP) is 4.10. The van der Waals surface area contributed by atoms with Gasteiger partial charge >= 0.3 is 0 Å². The summed E-state index contributed by atoms with van der Waals surface area (Å²) in [5.74, 6) is 1.53. The minimum atomic E-state index is 0.0221. The molecule has 1 aliphatic heterocycles. The number of fused-ring (bicyclic) bond motifs is 2. The van der Waals surface area contributed by atoms with Gasteiger partial charge in [-0.15, -0.1) is 0 Å². The quantitative estimate of drug-likeness (QED) is 0.750.